The summed E-state index contributed by atoms with van der Waals surface area (Å²) in [7, 11) is 0. The Bertz CT molecular complexity index is 510. The van der Waals surface area contributed by atoms with Crippen molar-refractivity contribution in [2.45, 2.75) is 51.1 Å². The monoisotopic (exact) mass is 305 g/mol. The van der Waals surface area contributed by atoms with E-state index in [1.54, 1.807) is 11.0 Å². The quantitative estimate of drug-likeness (QED) is 0.780. The van der Waals surface area contributed by atoms with Gasteiger partial charge >= 0.3 is 0 Å². The molecule has 1 aromatic rings. The summed E-state index contributed by atoms with van der Waals surface area (Å²) in [4.78, 5) is 30.1. The van der Waals surface area contributed by atoms with Crippen molar-refractivity contribution in [2.75, 3.05) is 13.1 Å². The van der Waals surface area contributed by atoms with Crippen molar-refractivity contribution < 1.29 is 9.59 Å². The average molecular weight is 305 g/mol. The van der Waals surface area contributed by atoms with Gasteiger partial charge in [-0.2, -0.15) is 5.10 Å². The van der Waals surface area contributed by atoms with E-state index in [4.69, 9.17) is 0 Å². The van der Waals surface area contributed by atoms with E-state index in [9.17, 15) is 9.59 Å². The first-order chi connectivity index (χ1) is 10.7. The van der Waals surface area contributed by atoms with Crippen molar-refractivity contribution in [3.8, 4) is 0 Å². The first-order valence-electron chi connectivity index (χ1n) is 8.13. The van der Waals surface area contributed by atoms with Gasteiger partial charge in [0.1, 0.15) is 12.7 Å². The second-order valence-electron chi connectivity index (χ2n) is 6.19. The number of nitrogens with one attached hydrogen (secondary N) is 1. The van der Waals surface area contributed by atoms with Crippen LogP contribution in [-0.2, 0) is 16.1 Å². The Morgan fingerprint density at radius 3 is 2.91 bits per heavy atom. The summed E-state index contributed by atoms with van der Waals surface area (Å²) in [6, 6.07) is 0.373. The number of nitrogens with zero attached hydrogens (tertiary/aromatic N) is 4. The minimum Gasteiger partial charge on any atom is -0.356 e. The molecule has 1 saturated carbocycles. The largest absolute Gasteiger partial charge is 0.356 e. The van der Waals surface area contributed by atoms with Crippen LogP contribution in [0.1, 0.15) is 38.5 Å². The lowest BCUT2D eigenvalue weighted by Crippen LogP contribution is -2.37. The average Bonchev–Trinajstić information content (AvgIpc) is 3.24. The van der Waals surface area contributed by atoms with Crippen LogP contribution < -0.4 is 5.32 Å². The summed E-state index contributed by atoms with van der Waals surface area (Å²) >= 11 is 0. The molecule has 2 fully saturated rings. The van der Waals surface area contributed by atoms with Crippen LogP contribution in [0.2, 0.25) is 0 Å². The minimum absolute atomic E-state index is 0.00689. The maximum absolute atomic E-state index is 12.2. The molecular weight excluding hydrogens is 282 g/mol. The Kier molecular flexibility index (Phi) is 4.70. The lowest BCUT2D eigenvalue weighted by molar-refractivity contribution is -0.130. The molecule has 2 amide bonds. The van der Waals surface area contributed by atoms with Crippen LogP contribution >= 0.6 is 0 Å². The fourth-order valence-corrected chi connectivity index (χ4v) is 3.42. The van der Waals surface area contributed by atoms with Gasteiger partial charge in [-0.1, -0.05) is 12.8 Å². The number of carbonyl (C=O) groups is 2. The summed E-state index contributed by atoms with van der Waals surface area (Å²) in [5.41, 5.74) is 0. The molecular formula is C15H23N5O2. The number of hydrogen-bond donors (Lipinski definition) is 1. The smallest absolute Gasteiger partial charge is 0.225 e. The van der Waals surface area contributed by atoms with Crippen molar-refractivity contribution in [2.24, 2.45) is 5.92 Å². The predicted octanol–water partition coefficient (Wildman–Crippen LogP) is 0.575. The minimum atomic E-state index is -0.181. The molecule has 7 heteroatoms. The highest BCUT2D eigenvalue weighted by Crippen LogP contribution is 2.29. The van der Waals surface area contributed by atoms with E-state index in [1.807, 2.05) is 4.90 Å². The van der Waals surface area contributed by atoms with E-state index in [2.05, 4.69) is 15.4 Å². The van der Waals surface area contributed by atoms with Gasteiger partial charge in [-0.25, -0.2) is 4.98 Å². The fraction of sp³-hybridized carbons (Fsp3) is 0.733. The van der Waals surface area contributed by atoms with Gasteiger partial charge in [-0.15, -0.1) is 0 Å². The predicted molar refractivity (Wildman–Crippen MR) is 79.7 cm³/mol. The van der Waals surface area contributed by atoms with Gasteiger partial charge < -0.3 is 10.2 Å². The number of hydrogen-bond acceptors (Lipinski definition) is 4. The Balaban J connectivity index is 1.40. The number of likely N-dealkylation sites (tertiary alicyclic amines) is 1. The molecule has 0 spiro atoms. The molecule has 2 heterocycles. The van der Waals surface area contributed by atoms with Gasteiger partial charge in [-0.05, 0) is 19.3 Å². The lowest BCUT2D eigenvalue weighted by atomic mass is 10.1. The molecule has 1 N–H and O–H groups in total. The lowest BCUT2D eigenvalue weighted by Gasteiger charge is -2.23. The normalized spacial score (nSPS) is 22.5. The second kappa shape index (κ2) is 6.89. The number of carbonyl (C=O) groups excluding carboxylic acids is 2. The molecule has 1 aliphatic carbocycles. The second-order valence-corrected chi connectivity index (χ2v) is 6.19. The van der Waals surface area contributed by atoms with Gasteiger partial charge in [0, 0.05) is 32.1 Å². The number of amides is 2. The van der Waals surface area contributed by atoms with Crippen molar-refractivity contribution in [3.05, 3.63) is 12.7 Å². The highest BCUT2D eigenvalue weighted by Gasteiger charge is 2.38. The van der Waals surface area contributed by atoms with Crippen LogP contribution in [0.5, 0.6) is 0 Å². The van der Waals surface area contributed by atoms with E-state index < -0.39 is 0 Å². The Hall–Kier alpha value is -1.92. The third kappa shape index (κ3) is 3.45. The summed E-state index contributed by atoms with van der Waals surface area (Å²) < 4.78 is 1.74. The van der Waals surface area contributed by atoms with E-state index in [1.165, 1.54) is 19.2 Å². The molecule has 2 aliphatic rings. The Morgan fingerprint density at radius 1 is 1.36 bits per heavy atom. The summed E-state index contributed by atoms with van der Waals surface area (Å²) in [6.45, 7) is 1.93. The van der Waals surface area contributed by atoms with Crippen LogP contribution in [0.3, 0.4) is 0 Å². The Morgan fingerprint density at radius 2 is 2.18 bits per heavy atom. The van der Waals surface area contributed by atoms with Gasteiger partial charge in [0.05, 0.1) is 5.92 Å². The van der Waals surface area contributed by atoms with Crippen LogP contribution in [-0.4, -0.2) is 50.6 Å². The van der Waals surface area contributed by atoms with Crippen LogP contribution in [0.4, 0.5) is 0 Å². The van der Waals surface area contributed by atoms with Crippen molar-refractivity contribution in [3.63, 3.8) is 0 Å². The van der Waals surface area contributed by atoms with Crippen molar-refractivity contribution in [1.29, 1.82) is 0 Å². The first-order valence-corrected chi connectivity index (χ1v) is 8.13. The van der Waals surface area contributed by atoms with E-state index >= 15 is 0 Å². The fourth-order valence-electron chi connectivity index (χ4n) is 3.42. The van der Waals surface area contributed by atoms with Gasteiger partial charge in [0.15, 0.2) is 0 Å². The molecule has 1 saturated heterocycles. The molecule has 3 rings (SSSR count). The van der Waals surface area contributed by atoms with Crippen LogP contribution in [0.15, 0.2) is 12.7 Å². The third-order valence-electron chi connectivity index (χ3n) is 4.62. The SMILES string of the molecule is O=C(NCCCn1cncn1)[C@H]1CC(=O)N(C2CCCC2)C1. The van der Waals surface area contributed by atoms with Gasteiger partial charge in [0.2, 0.25) is 11.8 Å². The maximum atomic E-state index is 12.2. The molecule has 1 aromatic heterocycles. The number of aryl methyl sites for hydroxylation is 1. The third-order valence-corrected chi connectivity index (χ3v) is 4.62. The van der Waals surface area contributed by atoms with Crippen LogP contribution in [0.25, 0.3) is 0 Å². The van der Waals surface area contributed by atoms with E-state index in [0.29, 0.717) is 25.6 Å². The molecule has 0 unspecified atom stereocenters. The van der Waals surface area contributed by atoms with E-state index in [0.717, 1.165) is 25.8 Å². The zero-order valence-corrected chi connectivity index (χ0v) is 12.8. The summed E-state index contributed by atoms with van der Waals surface area (Å²) in [5, 5.41) is 6.96. The maximum Gasteiger partial charge on any atom is 0.225 e. The summed E-state index contributed by atoms with van der Waals surface area (Å²) in [6.07, 6.45) is 8.93. The van der Waals surface area contributed by atoms with Gasteiger partial charge in [0.25, 0.3) is 0 Å². The van der Waals surface area contributed by atoms with E-state index in [-0.39, 0.29) is 17.7 Å². The zero-order valence-electron chi connectivity index (χ0n) is 12.8. The first kappa shape index (κ1) is 15.0. The highest BCUT2D eigenvalue weighted by atomic mass is 16.2. The highest BCUT2D eigenvalue weighted by molar-refractivity contribution is 5.89. The molecule has 22 heavy (non-hydrogen) atoms. The summed E-state index contributed by atoms with van der Waals surface area (Å²) in [5.74, 6) is -0.0263. The molecule has 0 bridgehead atoms. The van der Waals surface area contributed by atoms with Crippen molar-refractivity contribution >= 4 is 11.8 Å². The molecule has 0 aromatic carbocycles. The molecule has 1 aliphatic heterocycles. The topological polar surface area (TPSA) is 80.1 Å². The number of aromatic nitrogens is 3. The van der Waals surface area contributed by atoms with Gasteiger partial charge in [-0.3, -0.25) is 14.3 Å². The van der Waals surface area contributed by atoms with Crippen LogP contribution in [0, 0.1) is 5.92 Å². The zero-order chi connectivity index (χ0) is 15.4. The van der Waals surface area contributed by atoms with Crippen molar-refractivity contribution in [1.82, 2.24) is 25.0 Å². The Labute approximate surface area is 130 Å². The molecule has 120 valence electrons. The molecule has 0 radical (unpaired) electrons. The molecule has 1 atom stereocenters. The number of rotatable bonds is 6. The standard InChI is InChI=1S/C15H23N5O2/c21-14-8-12(9-20(14)13-4-1-2-5-13)15(22)17-6-3-7-19-11-16-10-18-19/h10-13H,1-9H2,(H,17,22)/t12-/m0/s1. The molecule has 7 nitrogen and oxygen atoms in total.